The molecule has 2 aliphatic rings. The van der Waals surface area contributed by atoms with Gasteiger partial charge in [0.1, 0.15) is 5.82 Å². The number of aromatic nitrogens is 2. The molecule has 0 unspecified atom stereocenters. The van der Waals surface area contributed by atoms with Crippen LogP contribution in [0.1, 0.15) is 36.9 Å². The molecule has 2 fully saturated rings. The van der Waals surface area contributed by atoms with Crippen LogP contribution in [0, 0.1) is 5.82 Å². The second kappa shape index (κ2) is 10.1. The first-order chi connectivity index (χ1) is 17.0. The maximum atomic E-state index is 14.1. The van der Waals surface area contributed by atoms with Gasteiger partial charge < -0.3 is 10.2 Å². The van der Waals surface area contributed by atoms with E-state index in [4.69, 9.17) is 0 Å². The highest BCUT2D eigenvalue weighted by molar-refractivity contribution is 8.18. The number of nitrogens with one attached hydrogen (secondary N) is 2. The van der Waals surface area contributed by atoms with E-state index >= 15 is 0 Å². The molecule has 1 saturated heterocycles. The van der Waals surface area contributed by atoms with Crippen molar-refractivity contribution in [3.63, 3.8) is 0 Å². The number of rotatable bonds is 6. The molecular formula is C26H26FN5O2S. The molecule has 5 rings (SSSR count). The lowest BCUT2D eigenvalue weighted by atomic mass is 9.90. The monoisotopic (exact) mass is 491 g/mol. The molecule has 9 heteroatoms. The van der Waals surface area contributed by atoms with E-state index in [0.717, 1.165) is 48.4 Å². The highest BCUT2D eigenvalue weighted by atomic mass is 32.2. The predicted octanol–water partition coefficient (Wildman–Crippen LogP) is 4.63. The summed E-state index contributed by atoms with van der Waals surface area (Å²) in [5, 5.41) is 7.16. The molecule has 2 amide bonds. The van der Waals surface area contributed by atoms with Gasteiger partial charge in [0.15, 0.2) is 0 Å². The third-order valence-corrected chi connectivity index (χ3v) is 7.50. The fraction of sp³-hybridized carbons (Fsp3) is 0.308. The summed E-state index contributed by atoms with van der Waals surface area (Å²) >= 11 is 0.877. The second-order valence-corrected chi connectivity index (χ2v) is 9.90. The number of imide groups is 1. The number of thioether (sulfide) groups is 1. The zero-order valence-corrected chi connectivity index (χ0v) is 20.1. The number of fused-ring (bicyclic) bond motifs is 1. The number of benzene rings is 2. The van der Waals surface area contributed by atoms with E-state index in [1.165, 1.54) is 0 Å². The molecule has 1 aliphatic carbocycles. The van der Waals surface area contributed by atoms with Crippen molar-refractivity contribution in [3.8, 4) is 0 Å². The zero-order chi connectivity index (χ0) is 24.4. The lowest BCUT2D eigenvalue weighted by Gasteiger charge is -2.35. The highest BCUT2D eigenvalue weighted by Gasteiger charge is 2.27. The van der Waals surface area contributed by atoms with Gasteiger partial charge in [0.25, 0.3) is 11.1 Å². The molecule has 0 radical (unpaired) electrons. The Labute approximate surface area is 207 Å². The summed E-state index contributed by atoms with van der Waals surface area (Å²) in [6, 6.07) is 13.5. The van der Waals surface area contributed by atoms with Crippen LogP contribution in [0.5, 0.6) is 0 Å². The minimum Gasteiger partial charge on any atom is -0.341 e. The van der Waals surface area contributed by atoms with Crippen LogP contribution < -0.4 is 15.5 Å². The van der Waals surface area contributed by atoms with Gasteiger partial charge in [-0.05, 0) is 66.6 Å². The van der Waals surface area contributed by atoms with Crippen molar-refractivity contribution in [1.82, 2.24) is 20.6 Å². The molecule has 0 bridgehead atoms. The van der Waals surface area contributed by atoms with Crippen LogP contribution in [0.15, 0.2) is 53.6 Å². The van der Waals surface area contributed by atoms with Gasteiger partial charge in [0.05, 0.1) is 10.6 Å². The average molecular weight is 492 g/mol. The molecule has 2 heterocycles. The number of amides is 2. The summed E-state index contributed by atoms with van der Waals surface area (Å²) in [4.78, 5) is 34.6. The lowest BCUT2D eigenvalue weighted by molar-refractivity contribution is -0.115. The summed E-state index contributed by atoms with van der Waals surface area (Å²) < 4.78 is 14.1. The van der Waals surface area contributed by atoms with Gasteiger partial charge >= 0.3 is 0 Å². The normalized spacial score (nSPS) is 21.5. The van der Waals surface area contributed by atoms with Gasteiger partial charge in [-0.3, -0.25) is 14.9 Å². The van der Waals surface area contributed by atoms with Crippen molar-refractivity contribution in [2.45, 2.75) is 44.3 Å². The molecule has 0 atom stereocenters. The number of carbonyl (C=O) groups is 2. The maximum Gasteiger partial charge on any atom is 0.290 e. The van der Waals surface area contributed by atoms with Crippen LogP contribution in [0.3, 0.4) is 0 Å². The van der Waals surface area contributed by atoms with Crippen molar-refractivity contribution >= 4 is 45.7 Å². The number of hydrogen-bond acceptors (Lipinski definition) is 7. The van der Waals surface area contributed by atoms with E-state index in [1.807, 2.05) is 37.4 Å². The van der Waals surface area contributed by atoms with Crippen molar-refractivity contribution in [1.29, 1.82) is 0 Å². The Morgan fingerprint density at radius 3 is 2.63 bits per heavy atom. The van der Waals surface area contributed by atoms with Gasteiger partial charge in [-0.2, -0.15) is 0 Å². The molecule has 2 N–H and O–H groups in total. The van der Waals surface area contributed by atoms with E-state index in [2.05, 4.69) is 25.5 Å². The van der Waals surface area contributed by atoms with E-state index in [9.17, 15) is 14.0 Å². The Morgan fingerprint density at radius 1 is 1.11 bits per heavy atom. The van der Waals surface area contributed by atoms with Crippen molar-refractivity contribution in [3.05, 3.63) is 70.6 Å². The summed E-state index contributed by atoms with van der Waals surface area (Å²) in [5.74, 6) is 0.0189. The minimum atomic E-state index is -0.395. The van der Waals surface area contributed by atoms with Gasteiger partial charge in [-0.25, -0.2) is 14.4 Å². The number of nitrogens with zero attached hydrogens (tertiary/aromatic N) is 3. The lowest BCUT2D eigenvalue weighted by Crippen LogP contribution is -2.41. The summed E-state index contributed by atoms with van der Waals surface area (Å²) in [7, 11) is 2.00. The molecule has 1 aromatic heterocycles. The largest absolute Gasteiger partial charge is 0.341 e. The first kappa shape index (κ1) is 23.4. The molecule has 7 nitrogen and oxygen atoms in total. The standard InChI is InChI=1S/C26H26FN5O2S/c1-32(25-28-13-12-18(30-25)14-23-24(33)31-26(34)35-23)19-9-7-17(8-10-19)29-15-16-6-11-22(27)21-5-3-2-4-20(16)21/h2-6,11-14,17,19,29H,7-10,15H2,1H3,(H,31,33,34)/b23-14-. The summed E-state index contributed by atoms with van der Waals surface area (Å²) in [5.41, 5.74) is 1.70. The third kappa shape index (κ3) is 5.21. The second-order valence-electron chi connectivity index (χ2n) is 8.88. The number of hydrogen-bond donors (Lipinski definition) is 2. The van der Waals surface area contributed by atoms with Gasteiger partial charge in [-0.15, -0.1) is 0 Å². The SMILES string of the molecule is CN(c1nccc(/C=C2\SC(=O)NC2=O)n1)C1CCC(NCc2ccc(F)c3ccccc23)CC1. The van der Waals surface area contributed by atoms with E-state index in [0.29, 0.717) is 40.6 Å². The first-order valence-electron chi connectivity index (χ1n) is 11.7. The Bertz CT molecular complexity index is 1310. The summed E-state index contributed by atoms with van der Waals surface area (Å²) in [6.07, 6.45) is 7.34. The van der Waals surface area contributed by atoms with Crippen LogP contribution in [-0.4, -0.2) is 40.2 Å². The van der Waals surface area contributed by atoms with E-state index in [-0.39, 0.29) is 11.1 Å². The van der Waals surface area contributed by atoms with Crippen LogP contribution in [0.4, 0.5) is 15.1 Å². The molecule has 1 saturated carbocycles. The topological polar surface area (TPSA) is 87.2 Å². The molecule has 0 spiro atoms. The minimum absolute atomic E-state index is 0.186. The van der Waals surface area contributed by atoms with Gasteiger partial charge in [-0.1, -0.05) is 30.3 Å². The van der Waals surface area contributed by atoms with Crippen molar-refractivity contribution < 1.29 is 14.0 Å². The maximum absolute atomic E-state index is 14.1. The van der Waals surface area contributed by atoms with Gasteiger partial charge in [0, 0.05) is 37.3 Å². The summed E-state index contributed by atoms with van der Waals surface area (Å²) in [6.45, 7) is 0.708. The fourth-order valence-electron chi connectivity index (χ4n) is 4.73. The van der Waals surface area contributed by atoms with E-state index in [1.54, 1.807) is 24.4 Å². The van der Waals surface area contributed by atoms with Gasteiger partial charge in [0.2, 0.25) is 5.95 Å². The van der Waals surface area contributed by atoms with Crippen LogP contribution >= 0.6 is 11.8 Å². The Kier molecular flexibility index (Phi) is 6.79. The van der Waals surface area contributed by atoms with Crippen molar-refractivity contribution in [2.75, 3.05) is 11.9 Å². The van der Waals surface area contributed by atoms with Crippen LogP contribution in [-0.2, 0) is 11.3 Å². The zero-order valence-electron chi connectivity index (χ0n) is 19.3. The Morgan fingerprint density at radius 2 is 1.89 bits per heavy atom. The predicted molar refractivity (Wildman–Crippen MR) is 136 cm³/mol. The number of carbonyl (C=O) groups excluding carboxylic acids is 2. The van der Waals surface area contributed by atoms with E-state index < -0.39 is 5.91 Å². The molecule has 3 aromatic rings. The smallest absolute Gasteiger partial charge is 0.290 e. The third-order valence-electron chi connectivity index (χ3n) is 6.69. The molecule has 180 valence electrons. The van der Waals surface area contributed by atoms with Crippen LogP contribution in [0.2, 0.25) is 0 Å². The molecule has 35 heavy (non-hydrogen) atoms. The average Bonchev–Trinajstić information content (AvgIpc) is 3.20. The Balaban J connectivity index is 1.18. The highest BCUT2D eigenvalue weighted by Crippen LogP contribution is 2.28. The molecule has 1 aliphatic heterocycles. The van der Waals surface area contributed by atoms with Crippen LogP contribution in [0.25, 0.3) is 16.8 Å². The quantitative estimate of drug-likeness (QED) is 0.486. The number of anilines is 1. The number of halogens is 1. The molecular weight excluding hydrogens is 465 g/mol. The van der Waals surface area contributed by atoms with Crippen molar-refractivity contribution in [2.24, 2.45) is 0 Å². The molecule has 2 aromatic carbocycles. The first-order valence-corrected chi connectivity index (χ1v) is 12.5. The fourth-order valence-corrected chi connectivity index (χ4v) is 5.40. The Hall–Kier alpha value is -3.30.